The Kier molecular flexibility index (Phi) is 10.7. The third-order valence-electron chi connectivity index (χ3n) is 8.11. The predicted octanol–water partition coefficient (Wildman–Crippen LogP) is 3.48. The minimum atomic E-state index is -1.07. The smallest absolute Gasteiger partial charge is 0.410 e. The number of piperidine rings is 1. The molecule has 12 nitrogen and oxygen atoms in total. The van der Waals surface area contributed by atoms with E-state index in [1.807, 2.05) is 19.9 Å². The standard InChI is InChI=1S/C33H50N4O8/c1-8-43-20-21(2)34-28(39)22-16-23(19-35(18-22)31(42)45-32(3,4)5)29(40)37(24-10-11-24)25-12-13-27-26(17-25)36(14-9-15-38)30(41)33(6,7)44-27/h12-13,17,21-24,38H,8-11,14-16,18-20H2,1-7H3,(H,34,39)/t21-,22-,23+/m0/s1. The Labute approximate surface area is 266 Å². The highest BCUT2D eigenvalue weighted by Gasteiger charge is 2.45. The van der Waals surface area contributed by atoms with Crippen molar-refractivity contribution in [1.29, 1.82) is 0 Å². The van der Waals surface area contributed by atoms with Crippen LogP contribution in [0.4, 0.5) is 16.2 Å². The van der Waals surface area contributed by atoms with Crippen molar-refractivity contribution in [3.05, 3.63) is 18.2 Å². The number of fused-ring (bicyclic) bond motifs is 1. The lowest BCUT2D eigenvalue weighted by atomic mass is 9.87. The van der Waals surface area contributed by atoms with Gasteiger partial charge in [0.05, 0.1) is 24.1 Å². The molecule has 2 aliphatic heterocycles. The Hall–Kier alpha value is -3.38. The Morgan fingerprint density at radius 3 is 2.49 bits per heavy atom. The first-order valence-corrected chi connectivity index (χ1v) is 16.1. The lowest BCUT2D eigenvalue weighted by Crippen LogP contribution is -2.54. The van der Waals surface area contributed by atoms with Crippen LogP contribution in [-0.2, 0) is 23.9 Å². The Morgan fingerprint density at radius 1 is 1.18 bits per heavy atom. The van der Waals surface area contributed by atoms with Crippen LogP contribution >= 0.6 is 0 Å². The van der Waals surface area contributed by atoms with Gasteiger partial charge in [-0.3, -0.25) is 14.4 Å². The maximum Gasteiger partial charge on any atom is 0.410 e. The fraction of sp³-hybridized carbons (Fsp3) is 0.697. The summed E-state index contributed by atoms with van der Waals surface area (Å²) in [5, 5.41) is 12.5. The number of nitrogens with zero attached hydrogens (tertiary/aromatic N) is 3. The van der Waals surface area contributed by atoms with Gasteiger partial charge in [-0.1, -0.05) is 0 Å². The fourth-order valence-electron chi connectivity index (χ4n) is 5.84. The molecule has 0 unspecified atom stereocenters. The van der Waals surface area contributed by atoms with Gasteiger partial charge in [-0.15, -0.1) is 0 Å². The van der Waals surface area contributed by atoms with Crippen molar-refractivity contribution in [2.24, 2.45) is 11.8 Å². The lowest BCUT2D eigenvalue weighted by molar-refractivity contribution is -0.133. The zero-order valence-electron chi connectivity index (χ0n) is 27.8. The molecule has 0 aromatic heterocycles. The largest absolute Gasteiger partial charge is 0.476 e. The zero-order valence-corrected chi connectivity index (χ0v) is 27.8. The van der Waals surface area contributed by atoms with E-state index in [0.717, 1.165) is 12.8 Å². The molecule has 4 amide bonds. The first-order chi connectivity index (χ1) is 21.1. The number of amides is 4. The maximum atomic E-state index is 14.4. The summed E-state index contributed by atoms with van der Waals surface area (Å²) in [5.74, 6) is -1.39. The molecular formula is C33H50N4O8. The highest BCUT2D eigenvalue weighted by molar-refractivity contribution is 6.04. The molecule has 0 bridgehead atoms. The normalized spacial score (nSPS) is 21.8. The van der Waals surface area contributed by atoms with Crippen molar-refractivity contribution in [2.75, 3.05) is 49.3 Å². The van der Waals surface area contributed by atoms with E-state index in [1.54, 1.807) is 56.6 Å². The second kappa shape index (κ2) is 13.9. The van der Waals surface area contributed by atoms with Gasteiger partial charge in [0.2, 0.25) is 11.8 Å². The van der Waals surface area contributed by atoms with E-state index in [0.29, 0.717) is 43.3 Å². The third kappa shape index (κ3) is 8.46. The average molecular weight is 631 g/mol. The van der Waals surface area contributed by atoms with Gasteiger partial charge in [-0.25, -0.2) is 4.79 Å². The van der Waals surface area contributed by atoms with E-state index in [2.05, 4.69) is 5.32 Å². The number of hydrogen-bond acceptors (Lipinski definition) is 8. The highest BCUT2D eigenvalue weighted by atomic mass is 16.6. The minimum absolute atomic E-state index is 0.0338. The summed E-state index contributed by atoms with van der Waals surface area (Å²) in [4.78, 5) is 59.2. The minimum Gasteiger partial charge on any atom is -0.476 e. The molecule has 2 fully saturated rings. The van der Waals surface area contributed by atoms with E-state index in [-0.39, 0.29) is 55.9 Å². The molecule has 1 aromatic rings. The van der Waals surface area contributed by atoms with Gasteiger partial charge in [0.1, 0.15) is 11.4 Å². The lowest BCUT2D eigenvalue weighted by Gasteiger charge is -2.40. The van der Waals surface area contributed by atoms with Crippen molar-refractivity contribution in [2.45, 2.75) is 97.4 Å². The van der Waals surface area contributed by atoms with Gasteiger partial charge in [-0.2, -0.15) is 0 Å². The number of rotatable bonds is 11. The summed E-state index contributed by atoms with van der Waals surface area (Å²) in [6.07, 6.45) is 1.75. The molecule has 0 radical (unpaired) electrons. The quantitative estimate of drug-likeness (QED) is 0.379. The summed E-state index contributed by atoms with van der Waals surface area (Å²) >= 11 is 0. The third-order valence-corrected chi connectivity index (χ3v) is 8.11. The highest BCUT2D eigenvalue weighted by Crippen LogP contribution is 2.43. The van der Waals surface area contributed by atoms with Gasteiger partial charge in [-0.05, 0) is 92.3 Å². The van der Waals surface area contributed by atoms with Gasteiger partial charge in [0.25, 0.3) is 5.91 Å². The van der Waals surface area contributed by atoms with Crippen LogP contribution in [0, 0.1) is 11.8 Å². The van der Waals surface area contributed by atoms with E-state index >= 15 is 0 Å². The van der Waals surface area contributed by atoms with E-state index in [9.17, 15) is 24.3 Å². The number of aliphatic hydroxyl groups is 1. The monoisotopic (exact) mass is 630 g/mol. The molecule has 4 rings (SSSR count). The number of nitrogens with one attached hydrogen (secondary N) is 1. The van der Waals surface area contributed by atoms with E-state index < -0.39 is 29.1 Å². The summed E-state index contributed by atoms with van der Waals surface area (Å²) in [7, 11) is 0. The van der Waals surface area contributed by atoms with Crippen molar-refractivity contribution in [3.8, 4) is 5.75 Å². The average Bonchev–Trinajstić information content (AvgIpc) is 3.80. The number of anilines is 2. The molecule has 3 atom stereocenters. The molecule has 1 saturated heterocycles. The van der Waals surface area contributed by atoms with Crippen LogP contribution in [0.1, 0.15) is 74.1 Å². The molecular weight excluding hydrogens is 580 g/mol. The van der Waals surface area contributed by atoms with Gasteiger partial charge >= 0.3 is 6.09 Å². The maximum absolute atomic E-state index is 14.4. The molecule has 1 saturated carbocycles. The van der Waals surface area contributed by atoms with E-state index in [4.69, 9.17) is 14.2 Å². The van der Waals surface area contributed by atoms with Crippen LogP contribution in [0.5, 0.6) is 5.75 Å². The molecule has 1 aromatic carbocycles. The second-order valence-electron chi connectivity index (χ2n) is 13.8. The number of likely N-dealkylation sites (tertiary alicyclic amines) is 1. The molecule has 1 aliphatic carbocycles. The number of hydrogen-bond donors (Lipinski definition) is 2. The number of aliphatic hydroxyl groups excluding tert-OH is 1. The van der Waals surface area contributed by atoms with Crippen molar-refractivity contribution in [3.63, 3.8) is 0 Å². The molecule has 12 heteroatoms. The first-order valence-electron chi connectivity index (χ1n) is 16.1. The molecule has 2 N–H and O–H groups in total. The van der Waals surface area contributed by atoms with Crippen molar-refractivity contribution in [1.82, 2.24) is 10.2 Å². The summed E-state index contributed by atoms with van der Waals surface area (Å²) < 4.78 is 17.1. The Bertz CT molecular complexity index is 1260. The van der Waals surface area contributed by atoms with Crippen LogP contribution in [0.25, 0.3) is 0 Å². The molecule has 0 spiro atoms. The second-order valence-corrected chi connectivity index (χ2v) is 13.8. The summed E-state index contributed by atoms with van der Waals surface area (Å²) in [6.45, 7) is 13.9. The van der Waals surface area contributed by atoms with Gasteiger partial charge < -0.3 is 39.3 Å². The molecule has 3 aliphatic rings. The topological polar surface area (TPSA) is 138 Å². The number of carbonyl (C=O) groups is 4. The fourth-order valence-corrected chi connectivity index (χ4v) is 5.84. The van der Waals surface area contributed by atoms with Crippen molar-refractivity contribution >= 4 is 35.2 Å². The summed E-state index contributed by atoms with van der Waals surface area (Å²) in [6, 6.07) is 5.12. The molecule has 250 valence electrons. The number of carbonyl (C=O) groups excluding carboxylic acids is 4. The van der Waals surface area contributed by atoms with Crippen LogP contribution in [0.15, 0.2) is 18.2 Å². The zero-order chi connectivity index (χ0) is 33.1. The van der Waals surface area contributed by atoms with Crippen molar-refractivity contribution < 1.29 is 38.5 Å². The van der Waals surface area contributed by atoms with Crippen LogP contribution in [0.2, 0.25) is 0 Å². The Balaban J connectivity index is 1.63. The molecule has 2 heterocycles. The first kappa shape index (κ1) is 34.5. The van der Waals surface area contributed by atoms with Crippen LogP contribution in [0.3, 0.4) is 0 Å². The summed E-state index contributed by atoms with van der Waals surface area (Å²) in [5.41, 5.74) is -0.647. The number of benzene rings is 1. The molecule has 45 heavy (non-hydrogen) atoms. The Morgan fingerprint density at radius 2 is 1.87 bits per heavy atom. The van der Waals surface area contributed by atoms with E-state index in [1.165, 1.54) is 4.90 Å². The predicted molar refractivity (Wildman–Crippen MR) is 169 cm³/mol. The SMILES string of the molecule is CCOC[C@H](C)NC(=O)[C@H]1C[C@@H](C(=O)N(c2ccc3c(c2)N(CCCO)C(=O)C(C)(C)O3)C2CC2)CN(C(=O)OC(C)(C)C)C1. The number of ether oxygens (including phenoxy) is 3. The van der Waals surface area contributed by atoms with Gasteiger partial charge in [0, 0.05) is 50.6 Å². The van der Waals surface area contributed by atoms with Crippen LogP contribution < -0.4 is 19.9 Å². The van der Waals surface area contributed by atoms with Gasteiger partial charge in [0.15, 0.2) is 5.60 Å². The van der Waals surface area contributed by atoms with Crippen LogP contribution in [-0.4, -0.2) is 96.6 Å².